The zero-order valence-corrected chi connectivity index (χ0v) is 20.3. The minimum atomic E-state index is -0.563. The molecule has 6 nitrogen and oxygen atoms in total. The van der Waals surface area contributed by atoms with Gasteiger partial charge >= 0.3 is 0 Å². The molecule has 9 heteroatoms. The summed E-state index contributed by atoms with van der Waals surface area (Å²) in [5.74, 6) is -1.83. The molecule has 3 amide bonds. The highest BCUT2D eigenvalue weighted by molar-refractivity contribution is 8.26. The molecular formula is C25H24FN3O3S2. The van der Waals surface area contributed by atoms with E-state index >= 15 is 0 Å². The van der Waals surface area contributed by atoms with E-state index in [1.54, 1.807) is 35.2 Å². The highest BCUT2D eigenvalue weighted by Gasteiger charge is 2.42. The van der Waals surface area contributed by atoms with Gasteiger partial charge in [0.05, 0.1) is 21.9 Å². The van der Waals surface area contributed by atoms with Gasteiger partial charge in [-0.2, -0.15) is 0 Å². The molecule has 0 unspecified atom stereocenters. The van der Waals surface area contributed by atoms with Gasteiger partial charge in [-0.05, 0) is 24.6 Å². The van der Waals surface area contributed by atoms with Gasteiger partial charge in [0, 0.05) is 12.1 Å². The molecule has 34 heavy (non-hydrogen) atoms. The Morgan fingerprint density at radius 1 is 1.00 bits per heavy atom. The van der Waals surface area contributed by atoms with Crippen molar-refractivity contribution >= 4 is 63.0 Å². The van der Waals surface area contributed by atoms with Gasteiger partial charge in [0.25, 0.3) is 11.8 Å². The van der Waals surface area contributed by atoms with Crippen molar-refractivity contribution in [2.75, 3.05) is 23.3 Å². The molecule has 0 saturated carbocycles. The van der Waals surface area contributed by atoms with Crippen LogP contribution in [0.25, 0.3) is 5.57 Å². The molecule has 0 spiro atoms. The Kier molecular flexibility index (Phi) is 7.43. The normalized spacial score (nSPS) is 17.5. The average molecular weight is 498 g/mol. The van der Waals surface area contributed by atoms with E-state index in [1.165, 1.54) is 23.1 Å². The molecule has 4 rings (SSSR count). The Morgan fingerprint density at radius 3 is 2.50 bits per heavy atom. The summed E-state index contributed by atoms with van der Waals surface area (Å²) in [4.78, 5) is 42.5. The number of fused-ring (bicyclic) bond motifs is 1. The molecule has 0 radical (unpaired) electrons. The second-order valence-electron chi connectivity index (χ2n) is 8.03. The summed E-state index contributed by atoms with van der Waals surface area (Å²) in [6.07, 6.45) is 4.03. The van der Waals surface area contributed by atoms with Gasteiger partial charge in [-0.15, -0.1) is 0 Å². The number of carbonyl (C=O) groups excluding carboxylic acids is 3. The first-order valence-corrected chi connectivity index (χ1v) is 12.4. The van der Waals surface area contributed by atoms with Gasteiger partial charge in [0.15, 0.2) is 0 Å². The number of para-hydroxylation sites is 2. The van der Waals surface area contributed by atoms with E-state index in [1.807, 2.05) is 0 Å². The zero-order chi connectivity index (χ0) is 24.2. The number of carbonyl (C=O) groups is 3. The van der Waals surface area contributed by atoms with Gasteiger partial charge < -0.3 is 5.32 Å². The van der Waals surface area contributed by atoms with Crippen LogP contribution in [0.4, 0.5) is 15.8 Å². The van der Waals surface area contributed by atoms with Crippen LogP contribution in [-0.4, -0.2) is 40.0 Å². The van der Waals surface area contributed by atoms with Crippen molar-refractivity contribution in [3.05, 3.63) is 64.8 Å². The van der Waals surface area contributed by atoms with E-state index < -0.39 is 17.6 Å². The Balaban J connectivity index is 1.58. The van der Waals surface area contributed by atoms with E-state index in [4.69, 9.17) is 12.2 Å². The van der Waals surface area contributed by atoms with Crippen molar-refractivity contribution in [1.82, 2.24) is 4.90 Å². The Morgan fingerprint density at radius 2 is 1.74 bits per heavy atom. The van der Waals surface area contributed by atoms with Crippen LogP contribution >= 0.6 is 24.0 Å². The van der Waals surface area contributed by atoms with E-state index in [0.29, 0.717) is 22.1 Å². The molecule has 0 atom stereocenters. The lowest BCUT2D eigenvalue weighted by Crippen LogP contribution is -2.35. The maximum atomic E-state index is 13.9. The number of thiocarbonyl (C=S) groups is 1. The summed E-state index contributed by atoms with van der Waals surface area (Å²) in [6.45, 7) is 2.33. The summed E-state index contributed by atoms with van der Waals surface area (Å²) in [5.41, 5.74) is 1.40. The molecule has 2 aliphatic heterocycles. The van der Waals surface area contributed by atoms with Crippen molar-refractivity contribution in [1.29, 1.82) is 0 Å². The van der Waals surface area contributed by atoms with Gasteiger partial charge in [0.1, 0.15) is 16.7 Å². The highest BCUT2D eigenvalue weighted by Crippen LogP contribution is 2.44. The summed E-state index contributed by atoms with van der Waals surface area (Å²) in [5, 5.41) is 2.50. The Hall–Kier alpha value is -3.04. The molecule has 2 aliphatic rings. The van der Waals surface area contributed by atoms with Crippen LogP contribution in [0.3, 0.4) is 0 Å². The number of unbranched alkanes of at least 4 members (excludes halogenated alkanes) is 3. The number of hydrogen-bond acceptors (Lipinski definition) is 5. The number of hydrogen-bond donors (Lipinski definition) is 1. The standard InChI is InChI=1S/C25H24FN3O3S2/c1-2-3-4-9-14-28-24(32)22(34-25(28)33)21-16-10-5-8-13-19(16)29(23(21)31)15-20(30)27-18-12-7-6-11-17(18)26/h5-8,10-13H,2-4,9,14-15H2,1H3,(H,27,30)/b22-21-. The van der Waals surface area contributed by atoms with Gasteiger partial charge in [0.2, 0.25) is 5.91 Å². The molecule has 1 N–H and O–H groups in total. The lowest BCUT2D eigenvalue weighted by atomic mass is 10.1. The number of nitrogens with zero attached hydrogens (tertiary/aromatic N) is 2. The van der Waals surface area contributed by atoms with E-state index in [-0.39, 0.29) is 28.6 Å². The maximum Gasteiger partial charge on any atom is 0.267 e. The van der Waals surface area contributed by atoms with Crippen LogP contribution in [0.2, 0.25) is 0 Å². The summed E-state index contributed by atoms with van der Waals surface area (Å²) in [7, 11) is 0. The molecular weight excluding hydrogens is 473 g/mol. The number of rotatable bonds is 8. The van der Waals surface area contributed by atoms with Crippen LogP contribution < -0.4 is 10.2 Å². The van der Waals surface area contributed by atoms with Crippen LogP contribution in [0.5, 0.6) is 0 Å². The minimum Gasteiger partial charge on any atom is -0.322 e. The van der Waals surface area contributed by atoms with Crippen LogP contribution in [-0.2, 0) is 14.4 Å². The molecule has 2 aromatic rings. The third kappa shape index (κ3) is 4.76. The fourth-order valence-corrected chi connectivity index (χ4v) is 5.37. The smallest absolute Gasteiger partial charge is 0.267 e. The first kappa shape index (κ1) is 24.1. The number of amides is 3. The summed E-state index contributed by atoms with van der Waals surface area (Å²) < 4.78 is 14.4. The number of benzene rings is 2. The fraction of sp³-hybridized carbons (Fsp3) is 0.280. The van der Waals surface area contributed by atoms with Crippen molar-refractivity contribution in [2.24, 2.45) is 0 Å². The number of anilines is 2. The predicted molar refractivity (Wildman–Crippen MR) is 137 cm³/mol. The molecule has 2 aromatic carbocycles. The first-order valence-electron chi connectivity index (χ1n) is 11.2. The zero-order valence-electron chi connectivity index (χ0n) is 18.7. The van der Waals surface area contributed by atoms with Gasteiger partial charge in [-0.25, -0.2) is 4.39 Å². The van der Waals surface area contributed by atoms with Crippen LogP contribution in [0.15, 0.2) is 53.4 Å². The average Bonchev–Trinajstić information content (AvgIpc) is 3.25. The second kappa shape index (κ2) is 10.5. The van der Waals surface area contributed by atoms with Crippen LogP contribution in [0.1, 0.15) is 38.2 Å². The summed E-state index contributed by atoms with van der Waals surface area (Å²) >= 11 is 6.56. The van der Waals surface area contributed by atoms with Gasteiger partial charge in [-0.3, -0.25) is 24.2 Å². The highest BCUT2D eigenvalue weighted by atomic mass is 32.2. The Labute approximate surface area is 207 Å². The maximum absolute atomic E-state index is 13.9. The first-order chi connectivity index (χ1) is 16.4. The topological polar surface area (TPSA) is 69.7 Å². The Bertz CT molecular complexity index is 1200. The summed E-state index contributed by atoms with van der Waals surface area (Å²) in [6, 6.07) is 12.8. The molecule has 176 valence electrons. The van der Waals surface area contributed by atoms with Crippen molar-refractivity contribution < 1.29 is 18.8 Å². The largest absolute Gasteiger partial charge is 0.322 e. The van der Waals surface area contributed by atoms with E-state index in [9.17, 15) is 18.8 Å². The van der Waals surface area contributed by atoms with Crippen molar-refractivity contribution in [3.8, 4) is 0 Å². The molecule has 1 saturated heterocycles. The van der Waals surface area contributed by atoms with Crippen molar-refractivity contribution in [2.45, 2.75) is 32.6 Å². The lowest BCUT2D eigenvalue weighted by Gasteiger charge is -2.17. The number of halogens is 1. The third-order valence-corrected chi connectivity index (χ3v) is 7.13. The van der Waals surface area contributed by atoms with Gasteiger partial charge in [-0.1, -0.05) is 80.5 Å². The molecule has 0 bridgehead atoms. The second-order valence-corrected chi connectivity index (χ2v) is 9.67. The SMILES string of the molecule is CCCCCCN1C(=O)/C(=C2/C(=O)N(CC(=O)Nc3ccccc3F)c3ccccc32)SC1=S. The van der Waals surface area contributed by atoms with E-state index in [2.05, 4.69) is 12.2 Å². The fourth-order valence-electron chi connectivity index (χ4n) is 3.99. The molecule has 1 fully saturated rings. The predicted octanol–water partition coefficient (Wildman–Crippen LogP) is 4.96. The molecule has 0 aromatic heterocycles. The minimum absolute atomic E-state index is 0.0385. The van der Waals surface area contributed by atoms with E-state index in [0.717, 1.165) is 37.4 Å². The number of nitrogens with one attached hydrogen (secondary N) is 1. The van der Waals surface area contributed by atoms with Crippen LogP contribution in [0, 0.1) is 5.82 Å². The quantitative estimate of drug-likeness (QED) is 0.317. The van der Waals surface area contributed by atoms with Crippen molar-refractivity contribution in [3.63, 3.8) is 0 Å². The monoisotopic (exact) mass is 497 g/mol. The third-order valence-electron chi connectivity index (χ3n) is 5.68. The molecule has 0 aliphatic carbocycles. The number of thioether (sulfide) groups is 1. The lowest BCUT2D eigenvalue weighted by molar-refractivity contribution is -0.122. The molecule has 2 heterocycles.